The number of carboxylic acid groups (broad SMARTS) is 1. The first-order chi connectivity index (χ1) is 35.5. The number of carbonyl (C=O) groups excluding carboxylic acids is 2. The Bertz CT molecular complexity index is 2090. The molecule has 3 N–H and O–H groups in total. The minimum atomic E-state index is -1.73. The summed E-state index contributed by atoms with van der Waals surface area (Å²) in [5, 5.41) is 32.3. The normalized spacial score (nSPS) is 26.4. The van der Waals surface area contributed by atoms with Crippen LogP contribution in [0.1, 0.15) is 135 Å². The van der Waals surface area contributed by atoms with Crippen molar-refractivity contribution >= 4 is 17.9 Å². The van der Waals surface area contributed by atoms with E-state index < -0.39 is 77.9 Å². The minimum Gasteiger partial charge on any atom is -0.497 e. The number of hydrogen-bond donors (Lipinski definition) is 3. The van der Waals surface area contributed by atoms with Crippen LogP contribution in [0.2, 0.25) is 0 Å². The highest BCUT2D eigenvalue weighted by molar-refractivity contribution is 5.83. The largest absolute Gasteiger partial charge is 0.497 e. The molecule has 0 spiro atoms. The Balaban J connectivity index is 1.32. The molecule has 0 bridgehead atoms. The molecule has 0 aromatic heterocycles. The van der Waals surface area contributed by atoms with E-state index in [0.29, 0.717) is 62.9 Å². The van der Waals surface area contributed by atoms with Crippen LogP contribution in [0.15, 0.2) is 90.6 Å². The summed E-state index contributed by atoms with van der Waals surface area (Å²) in [5.41, 5.74) is 2.15. The van der Waals surface area contributed by atoms with Crippen LogP contribution in [0, 0.1) is 5.41 Å². The number of rotatable bonds is 30. The lowest BCUT2D eigenvalue weighted by molar-refractivity contribution is -0.338. The fraction of sp³-hybridized carbons (Fsp3) is 0.638. The second kappa shape index (κ2) is 30.3. The van der Waals surface area contributed by atoms with Gasteiger partial charge in [-0.2, -0.15) is 0 Å². The molecule has 0 unspecified atom stereocenters. The van der Waals surface area contributed by atoms with E-state index in [9.17, 15) is 29.7 Å². The van der Waals surface area contributed by atoms with Crippen LogP contribution in [-0.2, 0) is 70.2 Å². The fourth-order valence-corrected chi connectivity index (χ4v) is 10.1. The average Bonchev–Trinajstić information content (AvgIpc) is 3.36. The summed E-state index contributed by atoms with van der Waals surface area (Å²) in [6.45, 7) is 12.5. The predicted molar refractivity (Wildman–Crippen MR) is 277 cm³/mol. The van der Waals surface area contributed by atoms with Crippen LogP contribution >= 0.6 is 0 Å². The number of aliphatic hydroxyl groups is 2. The van der Waals surface area contributed by atoms with Gasteiger partial charge in [0.15, 0.2) is 6.10 Å². The summed E-state index contributed by atoms with van der Waals surface area (Å²) in [4.78, 5) is 38.7. The topological polar surface area (TPSA) is 204 Å². The van der Waals surface area contributed by atoms with Gasteiger partial charge in [0, 0.05) is 44.3 Å². The van der Waals surface area contributed by atoms with Gasteiger partial charge in [-0.1, -0.05) is 113 Å². The van der Waals surface area contributed by atoms with Gasteiger partial charge in [-0.05, 0) is 74.3 Å². The summed E-state index contributed by atoms with van der Waals surface area (Å²) >= 11 is 0. The summed E-state index contributed by atoms with van der Waals surface area (Å²) in [7, 11) is 4.34. The maximum Gasteiger partial charge on any atom is 0.330 e. The molecule has 0 saturated carbocycles. The number of carboxylic acids is 1. The molecule has 3 fully saturated rings. The Labute approximate surface area is 438 Å². The van der Waals surface area contributed by atoms with Crippen molar-refractivity contribution in [2.75, 3.05) is 28.1 Å². The Morgan fingerprint density at radius 2 is 1.58 bits per heavy atom. The maximum absolute atomic E-state index is 13.8. The molecule has 2 aromatic rings. The lowest BCUT2D eigenvalue weighted by atomic mass is 9.73. The van der Waals surface area contributed by atoms with Crippen LogP contribution in [-0.4, -0.2) is 128 Å². The van der Waals surface area contributed by atoms with E-state index in [-0.39, 0.29) is 51.3 Å². The van der Waals surface area contributed by atoms with Crippen molar-refractivity contribution in [3.8, 4) is 5.75 Å². The zero-order valence-electron chi connectivity index (χ0n) is 44.8. The smallest absolute Gasteiger partial charge is 0.330 e. The summed E-state index contributed by atoms with van der Waals surface area (Å²) in [6, 6.07) is 17.1. The number of unbranched alkanes of at least 4 members (excludes halogenated alkanes) is 4. The van der Waals surface area contributed by atoms with Crippen LogP contribution in [0.4, 0.5) is 0 Å². The van der Waals surface area contributed by atoms with Gasteiger partial charge in [-0.15, -0.1) is 0 Å². The summed E-state index contributed by atoms with van der Waals surface area (Å²) in [5.74, 6) is -3.12. The molecule has 0 aliphatic carbocycles. The minimum absolute atomic E-state index is 0.0494. The zero-order valence-corrected chi connectivity index (χ0v) is 44.8. The lowest BCUT2D eigenvalue weighted by Gasteiger charge is -2.53. The SMILES string of the molecule is C=C1C[C@@H](C[C@H]2C[C@@H](O)C[C@@H](C[C@H](CC(=O)O)OCc3ccc(OC)cc3)O2)O[C@@H](/C=C/C(C)(C)[C@]2(OC)O[C@H](C[C@@H](O)[C@@H](C)OCOCc3ccccc3)C/C(=C\C(=O)OC)[C@@H]2OC(=O)CCCCCCC)C1. The lowest BCUT2D eigenvalue weighted by Crippen LogP contribution is -2.63. The summed E-state index contributed by atoms with van der Waals surface area (Å²) < 4.78 is 61.1. The number of carbonyl (C=O) groups is 3. The first-order valence-corrected chi connectivity index (χ1v) is 26.4. The van der Waals surface area contributed by atoms with Gasteiger partial charge in [-0.3, -0.25) is 9.59 Å². The number of methoxy groups -OCH3 is 3. The van der Waals surface area contributed by atoms with Gasteiger partial charge >= 0.3 is 17.9 Å². The first kappa shape index (κ1) is 60.4. The molecule has 3 saturated heterocycles. The highest BCUT2D eigenvalue weighted by Gasteiger charge is 2.59. The predicted octanol–water partition coefficient (Wildman–Crippen LogP) is 9.26. The number of ether oxygens (including phenoxy) is 10. The number of hydrogen-bond acceptors (Lipinski definition) is 15. The Morgan fingerprint density at radius 1 is 0.865 bits per heavy atom. The molecule has 2 aromatic carbocycles. The van der Waals surface area contributed by atoms with E-state index >= 15 is 0 Å². The third-order valence-electron chi connectivity index (χ3n) is 14.2. The van der Waals surface area contributed by atoms with Crippen molar-refractivity contribution in [3.63, 3.8) is 0 Å². The first-order valence-electron chi connectivity index (χ1n) is 26.4. The van der Waals surface area contributed by atoms with Crippen molar-refractivity contribution in [2.45, 2.75) is 204 Å². The Hall–Kier alpha value is -4.49. The van der Waals surface area contributed by atoms with Crippen LogP contribution in [0.3, 0.4) is 0 Å². The Morgan fingerprint density at radius 3 is 2.27 bits per heavy atom. The Kier molecular flexibility index (Phi) is 24.7. The van der Waals surface area contributed by atoms with Crippen molar-refractivity contribution in [3.05, 3.63) is 102 Å². The van der Waals surface area contributed by atoms with E-state index in [2.05, 4.69) is 13.5 Å². The van der Waals surface area contributed by atoms with Crippen LogP contribution in [0.5, 0.6) is 5.75 Å². The van der Waals surface area contributed by atoms with Gasteiger partial charge in [0.25, 0.3) is 0 Å². The van der Waals surface area contributed by atoms with Crippen LogP contribution < -0.4 is 4.74 Å². The molecule has 3 aliphatic rings. The van der Waals surface area contributed by atoms with Gasteiger partial charge in [0.1, 0.15) is 12.5 Å². The second-order valence-corrected chi connectivity index (χ2v) is 20.6. The van der Waals surface area contributed by atoms with Crippen molar-refractivity contribution in [1.82, 2.24) is 0 Å². The molecule has 16 heteroatoms. The zero-order chi connectivity index (χ0) is 53.7. The third kappa shape index (κ3) is 19.0. The monoisotopic (exact) mass is 1040 g/mol. The maximum atomic E-state index is 13.8. The molecule has 3 aliphatic heterocycles. The molecule has 3 heterocycles. The van der Waals surface area contributed by atoms with E-state index in [4.69, 9.17) is 47.4 Å². The van der Waals surface area contributed by atoms with Crippen molar-refractivity contribution in [1.29, 1.82) is 0 Å². The van der Waals surface area contributed by atoms with Crippen LogP contribution in [0.25, 0.3) is 0 Å². The highest BCUT2D eigenvalue weighted by Crippen LogP contribution is 2.49. The molecule has 11 atom stereocenters. The van der Waals surface area contributed by atoms with Gasteiger partial charge in [0.2, 0.25) is 5.79 Å². The van der Waals surface area contributed by atoms with E-state index in [1.165, 1.54) is 20.3 Å². The molecule has 16 nitrogen and oxygen atoms in total. The van der Waals surface area contributed by atoms with Crippen molar-refractivity contribution in [2.24, 2.45) is 5.41 Å². The average molecular weight is 1040 g/mol. The molecule has 0 amide bonds. The molecule has 0 radical (unpaired) electrons. The van der Waals surface area contributed by atoms with Gasteiger partial charge in [-0.25, -0.2) is 4.79 Å². The standard InChI is InChI=1S/C58H84O16/c1-9-10-11-12-16-19-54(63)73-56-43(29-55(64)66-7)28-51(34-52(60)40(3)70-38-68-36-41-17-14-13-15-18-41)74-58(56,67-8)57(4,5)25-24-46-26-39(2)27-48(71-46)33-50-31-44(59)30-49(72-50)32-47(35-53(61)62)69-37-42-20-22-45(65-6)23-21-42/h13-15,17-18,20-25,29,40,44,46-52,56,59-60H,2,9-12,16,19,26-28,30-38H2,1,3-8H3,(H,61,62)/b25-24+,43-29+/t40-,44+,46+,47-,48+,49+,50-,51+,52-,56+,58-/m1/s1. The number of aliphatic carboxylic acids is 1. The number of esters is 2. The quantitative estimate of drug-likeness (QED) is 0.0219. The summed E-state index contributed by atoms with van der Waals surface area (Å²) in [6.07, 6.45) is 6.06. The molecule has 412 valence electrons. The third-order valence-corrected chi connectivity index (χ3v) is 14.2. The highest BCUT2D eigenvalue weighted by atomic mass is 16.7. The molecule has 74 heavy (non-hydrogen) atoms. The molecule has 5 rings (SSSR count). The van der Waals surface area contributed by atoms with E-state index in [1.54, 1.807) is 14.0 Å². The molecular weight excluding hydrogens is 953 g/mol. The number of benzene rings is 2. The van der Waals surface area contributed by atoms with Gasteiger partial charge in [0.05, 0.1) is 88.8 Å². The van der Waals surface area contributed by atoms with E-state index in [0.717, 1.165) is 42.4 Å². The number of aliphatic hydroxyl groups excluding tert-OH is 2. The van der Waals surface area contributed by atoms with Gasteiger partial charge < -0.3 is 62.7 Å². The second-order valence-electron chi connectivity index (χ2n) is 20.6. The fourth-order valence-electron chi connectivity index (χ4n) is 10.1. The molecular formula is C58H84O16. The van der Waals surface area contributed by atoms with E-state index in [1.807, 2.05) is 80.6 Å². The van der Waals surface area contributed by atoms with Crippen molar-refractivity contribution < 1.29 is 77.1 Å².